The van der Waals surface area contributed by atoms with Gasteiger partial charge < -0.3 is 14.2 Å². The number of aryl methyl sites for hydroxylation is 1. The number of carbonyl (C=O) groups excluding carboxylic acids is 2. The molecule has 126 valence electrons. The van der Waals surface area contributed by atoms with Crippen LogP contribution in [0, 0.1) is 16.3 Å². The molecular formula is C17H16FIN2O3. The number of hydrogen-bond acceptors (Lipinski definition) is 3. The van der Waals surface area contributed by atoms with Gasteiger partial charge in [-0.25, -0.2) is 4.39 Å². The molecule has 2 aromatic rings. The SMILES string of the molecule is Cc1ccc(C(=O)N2CCN(C(=O)c3c(F)cccc3I)CC2)o1. The first kappa shape index (κ1) is 16.9. The second-order valence-corrected chi connectivity index (χ2v) is 6.75. The van der Waals surface area contributed by atoms with Crippen molar-refractivity contribution in [3.63, 3.8) is 0 Å². The fourth-order valence-corrected chi connectivity index (χ4v) is 3.37. The number of hydrogen-bond donors (Lipinski definition) is 0. The molecule has 0 unspecified atom stereocenters. The molecule has 24 heavy (non-hydrogen) atoms. The monoisotopic (exact) mass is 442 g/mol. The molecule has 1 aliphatic heterocycles. The van der Waals surface area contributed by atoms with E-state index in [4.69, 9.17) is 4.42 Å². The van der Waals surface area contributed by atoms with Crippen LogP contribution in [-0.4, -0.2) is 47.8 Å². The van der Waals surface area contributed by atoms with Crippen molar-refractivity contribution < 1.29 is 18.4 Å². The summed E-state index contributed by atoms with van der Waals surface area (Å²) in [6.45, 7) is 3.32. The van der Waals surface area contributed by atoms with E-state index < -0.39 is 5.82 Å². The van der Waals surface area contributed by atoms with Crippen LogP contribution in [0.25, 0.3) is 0 Å². The topological polar surface area (TPSA) is 53.8 Å². The third-order valence-electron chi connectivity index (χ3n) is 3.98. The fourth-order valence-electron chi connectivity index (χ4n) is 2.68. The van der Waals surface area contributed by atoms with E-state index in [0.717, 1.165) is 0 Å². The van der Waals surface area contributed by atoms with Crippen molar-refractivity contribution in [2.45, 2.75) is 6.92 Å². The van der Waals surface area contributed by atoms with Crippen molar-refractivity contribution in [2.24, 2.45) is 0 Å². The van der Waals surface area contributed by atoms with Crippen LogP contribution in [0.5, 0.6) is 0 Å². The second-order valence-electron chi connectivity index (χ2n) is 5.59. The summed E-state index contributed by atoms with van der Waals surface area (Å²) in [7, 11) is 0. The molecule has 2 amide bonds. The van der Waals surface area contributed by atoms with Crippen LogP contribution < -0.4 is 0 Å². The Balaban J connectivity index is 1.67. The Hall–Kier alpha value is -1.90. The van der Waals surface area contributed by atoms with Crippen LogP contribution in [0.1, 0.15) is 26.7 Å². The fraction of sp³-hybridized carbons (Fsp3) is 0.294. The number of rotatable bonds is 2. The summed E-state index contributed by atoms with van der Waals surface area (Å²) in [4.78, 5) is 28.1. The normalized spacial score (nSPS) is 14.8. The molecule has 0 bridgehead atoms. The summed E-state index contributed by atoms with van der Waals surface area (Å²) < 4.78 is 19.9. The van der Waals surface area contributed by atoms with Crippen molar-refractivity contribution in [1.82, 2.24) is 9.80 Å². The van der Waals surface area contributed by atoms with Gasteiger partial charge in [-0.1, -0.05) is 6.07 Å². The molecule has 1 aromatic carbocycles. The Morgan fingerprint density at radius 1 is 1.04 bits per heavy atom. The van der Waals surface area contributed by atoms with Gasteiger partial charge >= 0.3 is 0 Å². The molecule has 1 aromatic heterocycles. The first-order valence-corrected chi connectivity index (χ1v) is 8.64. The summed E-state index contributed by atoms with van der Waals surface area (Å²) in [5, 5.41) is 0. The van der Waals surface area contributed by atoms with E-state index in [0.29, 0.717) is 41.3 Å². The number of piperazine rings is 1. The summed E-state index contributed by atoms with van der Waals surface area (Å²) in [6.07, 6.45) is 0. The highest BCUT2D eigenvalue weighted by Crippen LogP contribution is 2.19. The van der Waals surface area contributed by atoms with Crippen LogP contribution in [0.4, 0.5) is 4.39 Å². The smallest absolute Gasteiger partial charge is 0.289 e. The summed E-state index contributed by atoms with van der Waals surface area (Å²) in [5.41, 5.74) is 0.0968. The minimum absolute atomic E-state index is 0.0968. The first-order valence-electron chi connectivity index (χ1n) is 7.56. The molecular weight excluding hydrogens is 426 g/mol. The number of nitrogens with zero attached hydrogens (tertiary/aromatic N) is 2. The molecule has 2 heterocycles. The third kappa shape index (κ3) is 3.31. The first-order chi connectivity index (χ1) is 11.5. The molecule has 1 aliphatic rings. The van der Waals surface area contributed by atoms with E-state index in [2.05, 4.69) is 0 Å². The Morgan fingerprint density at radius 3 is 2.21 bits per heavy atom. The summed E-state index contributed by atoms with van der Waals surface area (Å²) in [5.74, 6) is -0.0530. The predicted octanol–water partition coefficient (Wildman–Crippen LogP) is 2.93. The van der Waals surface area contributed by atoms with Gasteiger partial charge in [-0.15, -0.1) is 0 Å². The Bertz CT molecular complexity index is 762. The van der Waals surface area contributed by atoms with Crippen LogP contribution in [0.15, 0.2) is 34.7 Å². The van der Waals surface area contributed by atoms with Gasteiger partial charge in [0.25, 0.3) is 11.8 Å². The van der Waals surface area contributed by atoms with Crippen molar-refractivity contribution in [1.29, 1.82) is 0 Å². The molecule has 0 spiro atoms. The maximum Gasteiger partial charge on any atom is 0.289 e. The lowest BCUT2D eigenvalue weighted by atomic mass is 10.1. The molecule has 1 saturated heterocycles. The third-order valence-corrected chi connectivity index (χ3v) is 4.88. The standard InChI is InChI=1S/C17H16FIN2O3/c1-11-5-6-14(24-11)16(22)20-7-9-21(10-8-20)17(23)15-12(18)3-2-4-13(15)19/h2-6H,7-10H2,1H3. The average molecular weight is 442 g/mol. The Kier molecular flexibility index (Phi) is 4.88. The maximum atomic E-state index is 14.0. The van der Waals surface area contributed by atoms with E-state index >= 15 is 0 Å². The molecule has 0 N–H and O–H groups in total. The molecule has 0 aliphatic carbocycles. The van der Waals surface area contributed by atoms with E-state index in [1.54, 1.807) is 41.0 Å². The number of benzene rings is 1. The van der Waals surface area contributed by atoms with Crippen molar-refractivity contribution >= 4 is 34.4 Å². The largest absolute Gasteiger partial charge is 0.456 e. The van der Waals surface area contributed by atoms with E-state index in [1.807, 2.05) is 22.6 Å². The highest BCUT2D eigenvalue weighted by atomic mass is 127. The van der Waals surface area contributed by atoms with Crippen molar-refractivity contribution in [2.75, 3.05) is 26.2 Å². The lowest BCUT2D eigenvalue weighted by molar-refractivity contribution is 0.0514. The molecule has 0 atom stereocenters. The van der Waals surface area contributed by atoms with E-state index in [-0.39, 0.29) is 17.4 Å². The number of amides is 2. The van der Waals surface area contributed by atoms with E-state index in [9.17, 15) is 14.0 Å². The Labute approximate surface area is 152 Å². The molecule has 7 heteroatoms. The molecule has 0 radical (unpaired) electrons. The zero-order valence-electron chi connectivity index (χ0n) is 13.1. The van der Waals surface area contributed by atoms with Gasteiger partial charge in [-0.2, -0.15) is 0 Å². The zero-order chi connectivity index (χ0) is 17.3. The van der Waals surface area contributed by atoms with Crippen LogP contribution >= 0.6 is 22.6 Å². The van der Waals surface area contributed by atoms with Gasteiger partial charge in [0.05, 0.1) is 5.56 Å². The van der Waals surface area contributed by atoms with Gasteiger partial charge in [0.2, 0.25) is 0 Å². The van der Waals surface area contributed by atoms with Crippen molar-refractivity contribution in [3.8, 4) is 0 Å². The average Bonchev–Trinajstić information content (AvgIpc) is 3.00. The number of carbonyl (C=O) groups is 2. The predicted molar refractivity (Wildman–Crippen MR) is 94.4 cm³/mol. The number of halogens is 2. The summed E-state index contributed by atoms with van der Waals surface area (Å²) in [6, 6.07) is 7.96. The van der Waals surface area contributed by atoms with Gasteiger partial charge in [-0.05, 0) is 53.8 Å². The highest BCUT2D eigenvalue weighted by Gasteiger charge is 2.28. The summed E-state index contributed by atoms with van der Waals surface area (Å²) >= 11 is 1.96. The molecule has 3 rings (SSSR count). The van der Waals surface area contributed by atoms with E-state index in [1.165, 1.54) is 6.07 Å². The quantitative estimate of drug-likeness (QED) is 0.673. The van der Waals surface area contributed by atoms with Crippen LogP contribution in [-0.2, 0) is 0 Å². The Morgan fingerprint density at radius 2 is 1.67 bits per heavy atom. The maximum absolute atomic E-state index is 14.0. The van der Waals surface area contributed by atoms with Crippen LogP contribution in [0.2, 0.25) is 0 Å². The van der Waals surface area contributed by atoms with Gasteiger partial charge in [0.15, 0.2) is 5.76 Å². The van der Waals surface area contributed by atoms with Gasteiger partial charge in [0.1, 0.15) is 11.6 Å². The highest BCUT2D eigenvalue weighted by molar-refractivity contribution is 14.1. The molecule has 1 fully saturated rings. The lowest BCUT2D eigenvalue weighted by Crippen LogP contribution is -2.50. The van der Waals surface area contributed by atoms with Gasteiger partial charge in [-0.3, -0.25) is 9.59 Å². The van der Waals surface area contributed by atoms with Gasteiger partial charge in [0, 0.05) is 29.7 Å². The zero-order valence-corrected chi connectivity index (χ0v) is 15.2. The minimum Gasteiger partial charge on any atom is -0.456 e. The lowest BCUT2D eigenvalue weighted by Gasteiger charge is -2.34. The second kappa shape index (κ2) is 6.92. The molecule has 0 saturated carbocycles. The minimum atomic E-state index is -0.517. The van der Waals surface area contributed by atoms with Crippen molar-refractivity contribution in [3.05, 3.63) is 56.8 Å². The number of furan rings is 1. The molecule has 5 nitrogen and oxygen atoms in total. The van der Waals surface area contributed by atoms with Crippen LogP contribution in [0.3, 0.4) is 0 Å².